The normalized spacial score (nSPS) is 12.2. The Morgan fingerprint density at radius 3 is 2.56 bits per heavy atom. The molecule has 1 aliphatic rings. The van der Waals surface area contributed by atoms with E-state index in [0.717, 1.165) is 49.4 Å². The largest absolute Gasteiger partial charge is 2.00 e. The van der Waals surface area contributed by atoms with E-state index >= 15 is 0 Å². The summed E-state index contributed by atoms with van der Waals surface area (Å²) in [5.74, 6) is 2.97. The minimum absolute atomic E-state index is 0. The van der Waals surface area contributed by atoms with Crippen molar-refractivity contribution in [3.05, 3.63) is 109 Å². The summed E-state index contributed by atoms with van der Waals surface area (Å²) in [4.78, 5) is 7.91. The minimum Gasteiger partial charge on any atom is -0.547 e. The van der Waals surface area contributed by atoms with Crippen molar-refractivity contribution in [2.75, 3.05) is 19.0 Å². The molecule has 192 valence electrons. The molecule has 2 aromatic heterocycles. The molecule has 0 unspecified atom stereocenters. The van der Waals surface area contributed by atoms with Gasteiger partial charge in [0.15, 0.2) is 0 Å². The molecule has 0 N–H and O–H groups in total. The van der Waals surface area contributed by atoms with Gasteiger partial charge in [0.25, 0.3) is 0 Å². The first-order valence-corrected chi connectivity index (χ1v) is 13.2. The third-order valence-corrected chi connectivity index (χ3v) is 7.77. The van der Waals surface area contributed by atoms with E-state index in [1.54, 1.807) is 11.6 Å². The summed E-state index contributed by atoms with van der Waals surface area (Å²) >= 11 is 1.68. The number of aromatic nitrogens is 2. The van der Waals surface area contributed by atoms with Crippen molar-refractivity contribution in [1.82, 2.24) is 9.55 Å². The van der Waals surface area contributed by atoms with Gasteiger partial charge in [-0.1, -0.05) is 35.8 Å². The SMILES string of the molecule is CN(C)c1ccnc(-n2c3[c-]c(Oc4[c-]c(B5Oc6ccccc6S5)ccc4)ccc3c3ccccc32)c1.[Pt+2]. The molecule has 0 aliphatic carbocycles. The van der Waals surface area contributed by atoms with Gasteiger partial charge in [-0.2, -0.15) is 18.2 Å². The number of hydrogen-bond acceptors (Lipinski definition) is 5. The number of rotatable bonds is 5. The van der Waals surface area contributed by atoms with E-state index in [0.29, 0.717) is 11.5 Å². The predicted octanol–water partition coefficient (Wildman–Crippen LogP) is 6.51. The Morgan fingerprint density at radius 1 is 0.872 bits per heavy atom. The van der Waals surface area contributed by atoms with Crippen LogP contribution >= 0.6 is 11.6 Å². The van der Waals surface area contributed by atoms with Crippen molar-refractivity contribution in [2.45, 2.75) is 4.90 Å². The molecule has 5 nitrogen and oxygen atoms in total. The zero-order chi connectivity index (χ0) is 25.6. The molecule has 0 saturated heterocycles. The zero-order valence-corrected chi connectivity index (χ0v) is 24.3. The van der Waals surface area contributed by atoms with E-state index < -0.39 is 0 Å². The molecular weight excluding hydrogens is 684 g/mol. The summed E-state index contributed by atoms with van der Waals surface area (Å²) < 4.78 is 14.6. The molecule has 4 aromatic carbocycles. The maximum Gasteiger partial charge on any atom is 2.00 e. The van der Waals surface area contributed by atoms with Crippen LogP contribution in [0.4, 0.5) is 5.69 Å². The van der Waals surface area contributed by atoms with Crippen LogP contribution in [-0.2, 0) is 21.1 Å². The summed E-state index contributed by atoms with van der Waals surface area (Å²) in [7, 11) is 4.06. The Bertz CT molecular complexity index is 1800. The number of fused-ring (bicyclic) bond motifs is 4. The summed E-state index contributed by atoms with van der Waals surface area (Å²) in [6.45, 7) is 0. The molecule has 6 aromatic rings. The summed E-state index contributed by atoms with van der Waals surface area (Å²) in [5.41, 5.74) is 3.99. The molecule has 0 radical (unpaired) electrons. The number of nitrogens with zero attached hydrogens (tertiary/aromatic N) is 3. The van der Waals surface area contributed by atoms with E-state index in [2.05, 4.69) is 58.0 Å². The maximum atomic E-state index is 6.29. The molecule has 7 rings (SSSR count). The quantitative estimate of drug-likeness (QED) is 0.151. The number of hydrogen-bond donors (Lipinski definition) is 0. The van der Waals surface area contributed by atoms with Gasteiger partial charge < -0.3 is 18.9 Å². The van der Waals surface area contributed by atoms with Crippen LogP contribution in [0.3, 0.4) is 0 Å². The molecule has 0 spiro atoms. The number of benzene rings is 4. The Labute approximate surface area is 246 Å². The smallest absolute Gasteiger partial charge is 0.547 e. The van der Waals surface area contributed by atoms with Gasteiger partial charge >= 0.3 is 27.3 Å². The Kier molecular flexibility index (Phi) is 6.88. The molecule has 39 heavy (non-hydrogen) atoms. The van der Waals surface area contributed by atoms with Crippen molar-refractivity contribution in [3.8, 4) is 23.1 Å². The Hall–Kier alpha value is -3.67. The van der Waals surface area contributed by atoms with Gasteiger partial charge in [-0.3, -0.25) is 0 Å². The maximum absolute atomic E-state index is 6.29. The van der Waals surface area contributed by atoms with Gasteiger partial charge in [-0.25, -0.2) is 4.98 Å². The fourth-order valence-electron chi connectivity index (χ4n) is 4.79. The summed E-state index contributed by atoms with van der Waals surface area (Å²) in [5, 5.41) is 2.24. The summed E-state index contributed by atoms with van der Waals surface area (Å²) in [6, 6.07) is 37.4. The average Bonchev–Trinajstić information content (AvgIpc) is 3.52. The van der Waals surface area contributed by atoms with Gasteiger partial charge in [0.1, 0.15) is 11.6 Å². The van der Waals surface area contributed by atoms with Gasteiger partial charge in [0, 0.05) is 54.0 Å². The molecule has 3 heterocycles. The molecule has 0 fully saturated rings. The van der Waals surface area contributed by atoms with Gasteiger partial charge in [0.05, 0.1) is 0 Å². The first kappa shape index (κ1) is 25.6. The van der Waals surface area contributed by atoms with E-state index in [1.807, 2.05) is 74.9 Å². The molecular formula is C31H22BN3O2PtS. The van der Waals surface area contributed by atoms with E-state index in [1.165, 1.54) is 0 Å². The number of para-hydroxylation sites is 2. The van der Waals surface area contributed by atoms with E-state index in [4.69, 9.17) is 14.4 Å². The predicted molar refractivity (Wildman–Crippen MR) is 155 cm³/mol. The third-order valence-electron chi connectivity index (χ3n) is 6.61. The topological polar surface area (TPSA) is 39.5 Å². The number of anilines is 1. The standard InChI is InChI=1S/C31H22BN3O2S.Pt/c1-34(2)22-16-17-33-31(19-22)35-27-11-4-3-10-25(27)26-15-14-24(20-28(26)35)36-23-9-7-8-21(18-23)32-37-29-12-5-6-13-30(29)38-32;/h3-17,19H,1-2H3;/q-2;+2. The zero-order valence-electron chi connectivity index (χ0n) is 21.2. The molecule has 0 atom stereocenters. The van der Waals surface area contributed by atoms with Crippen molar-refractivity contribution >= 4 is 50.8 Å². The van der Waals surface area contributed by atoms with Crippen LogP contribution in [0.25, 0.3) is 27.6 Å². The Morgan fingerprint density at radius 2 is 1.69 bits per heavy atom. The van der Waals surface area contributed by atoms with Crippen molar-refractivity contribution < 1.29 is 30.5 Å². The monoisotopic (exact) mass is 706 g/mol. The van der Waals surface area contributed by atoms with Crippen molar-refractivity contribution in [3.63, 3.8) is 0 Å². The third kappa shape index (κ3) is 4.71. The number of pyridine rings is 1. The van der Waals surface area contributed by atoms with Crippen LogP contribution in [0.15, 0.2) is 102 Å². The van der Waals surface area contributed by atoms with Crippen LogP contribution < -0.4 is 19.8 Å². The summed E-state index contributed by atoms with van der Waals surface area (Å²) in [6.07, 6.45) is 1.69. The van der Waals surface area contributed by atoms with Crippen molar-refractivity contribution in [1.29, 1.82) is 0 Å². The van der Waals surface area contributed by atoms with E-state index in [9.17, 15) is 0 Å². The second kappa shape index (κ2) is 10.5. The second-order valence-electron chi connectivity index (χ2n) is 9.29. The van der Waals surface area contributed by atoms with Crippen molar-refractivity contribution in [2.24, 2.45) is 0 Å². The average molecular weight is 706 g/mol. The van der Waals surface area contributed by atoms with Crippen LogP contribution in [0.1, 0.15) is 0 Å². The van der Waals surface area contributed by atoms with Gasteiger partial charge in [-0.15, -0.1) is 46.7 Å². The number of ether oxygens (including phenoxy) is 1. The van der Waals surface area contributed by atoms with Gasteiger partial charge in [0.2, 0.25) is 0 Å². The molecule has 0 amide bonds. The molecule has 8 heteroatoms. The van der Waals surface area contributed by atoms with E-state index in [-0.39, 0.29) is 27.3 Å². The van der Waals surface area contributed by atoms with Crippen LogP contribution in [-0.4, -0.2) is 29.8 Å². The minimum atomic E-state index is -0.153. The van der Waals surface area contributed by atoms with Crippen LogP contribution in [0.2, 0.25) is 0 Å². The molecule has 1 aliphatic heterocycles. The van der Waals surface area contributed by atoms with Crippen LogP contribution in [0.5, 0.6) is 17.2 Å². The molecule has 0 bridgehead atoms. The Balaban J connectivity index is 0.00000277. The first-order valence-electron chi connectivity index (χ1n) is 12.4. The first-order chi connectivity index (χ1) is 18.6. The second-order valence-corrected chi connectivity index (χ2v) is 10.4. The van der Waals surface area contributed by atoms with Gasteiger partial charge in [-0.05, 0) is 29.7 Å². The molecule has 0 saturated carbocycles. The van der Waals surface area contributed by atoms with Crippen LogP contribution in [0, 0.1) is 12.1 Å². The fraction of sp³-hybridized carbons (Fsp3) is 0.0645. The fourth-order valence-corrected chi connectivity index (χ4v) is 5.82.